The monoisotopic (exact) mass is 536 g/mol. The van der Waals surface area contributed by atoms with Crippen molar-refractivity contribution in [3.63, 3.8) is 0 Å². The van der Waals surface area contributed by atoms with Crippen molar-refractivity contribution in [3.8, 4) is 17.6 Å². The van der Waals surface area contributed by atoms with Gasteiger partial charge in [-0.05, 0) is 43.2 Å². The topological polar surface area (TPSA) is 55.8 Å². The van der Waals surface area contributed by atoms with Crippen LogP contribution in [0.5, 0.6) is 5.75 Å². The van der Waals surface area contributed by atoms with E-state index >= 15 is 0 Å². The number of alkyl halides is 6. The van der Waals surface area contributed by atoms with E-state index in [2.05, 4.69) is 5.92 Å². The molecule has 1 aliphatic rings. The highest BCUT2D eigenvalue weighted by molar-refractivity contribution is 6.32. The third-order valence-electron chi connectivity index (χ3n) is 5.19. The molecule has 0 amide bonds. The Kier molecular flexibility index (Phi) is 9.69. The van der Waals surface area contributed by atoms with Crippen LogP contribution in [-0.2, 0) is 16.0 Å². The zero-order chi connectivity index (χ0) is 27.1. The predicted octanol–water partition coefficient (Wildman–Crippen LogP) is 6.70. The molecular weight excluding hydrogens is 514 g/mol. The van der Waals surface area contributed by atoms with Crippen LogP contribution in [0.15, 0.2) is 53.6 Å². The maximum absolute atomic E-state index is 13.7. The standard InChI is InChI=1S/C25H23ClF6O4/c1-3-35-21(22(33)34)14-17-6-7-20(19(26)13-17)36-12-9-16(2)8-11-23(25(30,31)32)10-4-5-18(15-23)24(27,28)29/h4-7,9-10,13,21H,3,12,14-15H2,1-2H3,(H,33,34)/b16-9-/t21-,23?/m0/s1. The summed E-state index contributed by atoms with van der Waals surface area (Å²) in [6, 6.07) is 4.62. The van der Waals surface area contributed by atoms with E-state index in [4.69, 9.17) is 21.1 Å². The molecule has 0 saturated carbocycles. The first-order valence-corrected chi connectivity index (χ1v) is 11.0. The third-order valence-corrected chi connectivity index (χ3v) is 5.48. The summed E-state index contributed by atoms with van der Waals surface area (Å²) < 4.78 is 90.7. The summed E-state index contributed by atoms with van der Waals surface area (Å²) >= 11 is 6.17. The van der Waals surface area contributed by atoms with Crippen LogP contribution in [0.25, 0.3) is 0 Å². The number of carboxylic acid groups (broad SMARTS) is 1. The lowest BCUT2D eigenvalue weighted by Crippen LogP contribution is -2.38. The Morgan fingerprint density at radius 3 is 2.53 bits per heavy atom. The molecule has 0 heterocycles. The van der Waals surface area contributed by atoms with Crippen LogP contribution >= 0.6 is 11.6 Å². The maximum atomic E-state index is 13.7. The van der Waals surface area contributed by atoms with Gasteiger partial charge in [0.2, 0.25) is 0 Å². The van der Waals surface area contributed by atoms with Gasteiger partial charge in [0.15, 0.2) is 6.10 Å². The number of carboxylic acids is 1. The van der Waals surface area contributed by atoms with Crippen LogP contribution in [0.1, 0.15) is 25.8 Å². The van der Waals surface area contributed by atoms with Gasteiger partial charge in [0.25, 0.3) is 0 Å². The highest BCUT2D eigenvalue weighted by atomic mass is 35.5. The van der Waals surface area contributed by atoms with Crippen molar-refractivity contribution in [2.45, 2.75) is 45.1 Å². The molecule has 1 aliphatic carbocycles. The predicted molar refractivity (Wildman–Crippen MR) is 122 cm³/mol. The number of benzene rings is 1. The van der Waals surface area contributed by atoms with Crippen LogP contribution in [0.3, 0.4) is 0 Å². The highest BCUT2D eigenvalue weighted by Gasteiger charge is 2.55. The number of rotatable bonds is 8. The van der Waals surface area contributed by atoms with Gasteiger partial charge >= 0.3 is 18.3 Å². The van der Waals surface area contributed by atoms with Crippen LogP contribution in [0, 0.1) is 17.3 Å². The zero-order valence-corrected chi connectivity index (χ0v) is 20.0. The third kappa shape index (κ3) is 7.80. The minimum atomic E-state index is -5.02. The van der Waals surface area contributed by atoms with Gasteiger partial charge in [-0.1, -0.05) is 47.7 Å². The minimum absolute atomic E-state index is 0.0818. The van der Waals surface area contributed by atoms with Crippen molar-refractivity contribution in [2.24, 2.45) is 5.41 Å². The summed E-state index contributed by atoms with van der Waals surface area (Å²) in [5.41, 5.74) is -3.52. The molecule has 36 heavy (non-hydrogen) atoms. The first-order chi connectivity index (χ1) is 16.7. The second-order valence-electron chi connectivity index (χ2n) is 7.89. The van der Waals surface area contributed by atoms with Crippen molar-refractivity contribution in [3.05, 3.63) is 64.2 Å². The van der Waals surface area contributed by atoms with Crippen LogP contribution in [-0.4, -0.2) is 42.7 Å². The van der Waals surface area contributed by atoms with E-state index < -0.39 is 41.8 Å². The molecule has 1 N–H and O–H groups in total. The van der Waals surface area contributed by atoms with Gasteiger partial charge in [-0.15, -0.1) is 0 Å². The Labute approximate surface area is 209 Å². The second kappa shape index (κ2) is 11.9. The summed E-state index contributed by atoms with van der Waals surface area (Å²) in [5, 5.41) is 9.36. The Bertz CT molecular complexity index is 1110. The SMILES string of the molecule is CCO[C@@H](Cc1ccc(OC/C=C(/C)C#CC2(C(F)(F)F)C=CC=C(C(F)(F)F)C2)c(Cl)c1)C(=O)O. The molecule has 0 aromatic heterocycles. The van der Waals surface area contributed by atoms with Gasteiger partial charge in [-0.25, -0.2) is 4.79 Å². The van der Waals surface area contributed by atoms with Gasteiger partial charge in [0, 0.05) is 25.0 Å². The van der Waals surface area contributed by atoms with E-state index in [0.29, 0.717) is 17.7 Å². The molecule has 2 rings (SSSR count). The molecule has 1 aromatic carbocycles. The molecule has 0 bridgehead atoms. The largest absolute Gasteiger partial charge is 0.488 e. The Balaban J connectivity index is 2.10. The van der Waals surface area contributed by atoms with Gasteiger partial charge in [0.1, 0.15) is 17.8 Å². The van der Waals surface area contributed by atoms with E-state index in [1.54, 1.807) is 13.0 Å². The summed E-state index contributed by atoms with van der Waals surface area (Å²) in [6.45, 7) is 3.17. The minimum Gasteiger partial charge on any atom is -0.488 e. The van der Waals surface area contributed by atoms with E-state index in [0.717, 1.165) is 6.08 Å². The van der Waals surface area contributed by atoms with Gasteiger partial charge in [-0.3, -0.25) is 0 Å². The molecule has 1 aromatic rings. The van der Waals surface area contributed by atoms with Gasteiger partial charge in [0.05, 0.1) is 5.02 Å². The molecule has 2 atom stereocenters. The first-order valence-electron chi connectivity index (χ1n) is 10.7. The zero-order valence-electron chi connectivity index (χ0n) is 19.3. The van der Waals surface area contributed by atoms with Crippen molar-refractivity contribution >= 4 is 17.6 Å². The fourth-order valence-corrected chi connectivity index (χ4v) is 3.49. The Hall–Kier alpha value is -2.90. The van der Waals surface area contributed by atoms with E-state index in [1.165, 1.54) is 25.1 Å². The number of allylic oxidation sites excluding steroid dienone is 5. The Morgan fingerprint density at radius 1 is 1.28 bits per heavy atom. The number of hydrogen-bond donors (Lipinski definition) is 1. The number of ether oxygens (including phenoxy) is 2. The smallest absolute Gasteiger partial charge is 0.412 e. The van der Waals surface area contributed by atoms with Crippen LogP contribution in [0.4, 0.5) is 26.3 Å². The van der Waals surface area contributed by atoms with Crippen molar-refractivity contribution < 1.29 is 45.7 Å². The summed E-state index contributed by atoms with van der Waals surface area (Å²) in [5.74, 6) is 3.38. The number of carbonyl (C=O) groups is 1. The normalized spacial score (nSPS) is 19.2. The summed E-state index contributed by atoms with van der Waals surface area (Å²) in [7, 11) is 0. The fraction of sp³-hybridized carbons (Fsp3) is 0.400. The molecule has 0 saturated heterocycles. The molecule has 0 radical (unpaired) electrons. The average Bonchev–Trinajstić information content (AvgIpc) is 2.77. The molecule has 0 fully saturated rings. The number of halogens is 7. The Morgan fingerprint density at radius 2 is 1.97 bits per heavy atom. The number of hydrogen-bond acceptors (Lipinski definition) is 3. The summed E-state index contributed by atoms with van der Waals surface area (Å²) in [4.78, 5) is 11.2. The van der Waals surface area contributed by atoms with E-state index in [-0.39, 0.29) is 36.0 Å². The lowest BCUT2D eigenvalue weighted by atomic mass is 9.77. The molecule has 0 spiro atoms. The maximum Gasteiger partial charge on any atom is 0.412 e. The van der Waals surface area contributed by atoms with E-state index in [9.17, 15) is 36.2 Å². The lowest BCUT2D eigenvalue weighted by Gasteiger charge is -2.31. The van der Waals surface area contributed by atoms with Crippen LogP contribution < -0.4 is 4.74 Å². The molecular formula is C25H23ClF6O4. The molecule has 4 nitrogen and oxygen atoms in total. The van der Waals surface area contributed by atoms with Gasteiger partial charge < -0.3 is 14.6 Å². The first kappa shape index (κ1) is 29.3. The molecule has 11 heteroatoms. The highest BCUT2D eigenvalue weighted by Crippen LogP contribution is 2.48. The lowest BCUT2D eigenvalue weighted by molar-refractivity contribution is -0.190. The van der Waals surface area contributed by atoms with Crippen LogP contribution in [0.2, 0.25) is 5.02 Å². The molecule has 196 valence electrons. The molecule has 0 aliphatic heterocycles. The fourth-order valence-electron chi connectivity index (χ4n) is 3.23. The van der Waals surface area contributed by atoms with Crippen molar-refractivity contribution in [1.82, 2.24) is 0 Å². The summed E-state index contributed by atoms with van der Waals surface area (Å²) in [6.07, 6.45) is -8.89. The molecule has 1 unspecified atom stereocenters. The van der Waals surface area contributed by atoms with Gasteiger partial charge in [-0.2, -0.15) is 26.3 Å². The van der Waals surface area contributed by atoms with Crippen molar-refractivity contribution in [1.29, 1.82) is 0 Å². The average molecular weight is 537 g/mol. The van der Waals surface area contributed by atoms with E-state index in [1.807, 2.05) is 5.92 Å². The number of aliphatic carboxylic acids is 1. The second-order valence-corrected chi connectivity index (χ2v) is 8.30. The quantitative estimate of drug-likeness (QED) is 0.297. The van der Waals surface area contributed by atoms with Crippen molar-refractivity contribution in [2.75, 3.05) is 13.2 Å².